The molecule has 3 heterocycles. The molecule has 1 aromatic carbocycles. The number of nitrogens with zero attached hydrogens (tertiary/aromatic N) is 4. The zero-order valence-corrected chi connectivity index (χ0v) is 11.2. The van der Waals surface area contributed by atoms with E-state index in [1.54, 1.807) is 18.3 Å². The van der Waals surface area contributed by atoms with Gasteiger partial charge in [-0.05, 0) is 12.1 Å². The van der Waals surface area contributed by atoms with Crippen molar-refractivity contribution in [2.75, 3.05) is 0 Å². The van der Waals surface area contributed by atoms with Gasteiger partial charge >= 0.3 is 0 Å². The van der Waals surface area contributed by atoms with Crippen LogP contribution < -0.4 is 0 Å². The highest BCUT2D eigenvalue weighted by atomic mass is 32.1. The molecule has 3 aromatic heterocycles. The quantitative estimate of drug-likeness (QED) is 0.615. The standard InChI is InChI=1S/C13H7F2N5S/c14-10(15)13-19-7-3-1-2-6(9(7)21-13)11-18-8-4-16-5-17-12(8)20-11/h1-5,10H,(H,16,17,18,20). The van der Waals surface area contributed by atoms with E-state index in [4.69, 9.17) is 0 Å². The van der Waals surface area contributed by atoms with E-state index in [9.17, 15) is 8.78 Å². The molecule has 4 rings (SSSR count). The number of rotatable bonds is 2. The molecule has 1 N–H and O–H groups in total. The van der Waals surface area contributed by atoms with Crippen LogP contribution in [0.15, 0.2) is 30.7 Å². The molecular formula is C13H7F2N5S. The van der Waals surface area contributed by atoms with E-state index in [0.29, 0.717) is 27.2 Å². The molecule has 0 saturated carbocycles. The Morgan fingerprint density at radius 1 is 1.19 bits per heavy atom. The van der Waals surface area contributed by atoms with Gasteiger partial charge in [0.25, 0.3) is 6.43 Å². The van der Waals surface area contributed by atoms with Crippen molar-refractivity contribution in [2.45, 2.75) is 6.43 Å². The van der Waals surface area contributed by atoms with E-state index >= 15 is 0 Å². The van der Waals surface area contributed by atoms with Crippen LogP contribution in [0.2, 0.25) is 0 Å². The maximum atomic E-state index is 12.8. The van der Waals surface area contributed by atoms with Crippen molar-refractivity contribution in [1.82, 2.24) is 24.9 Å². The van der Waals surface area contributed by atoms with Crippen LogP contribution in [0.3, 0.4) is 0 Å². The van der Waals surface area contributed by atoms with Crippen LogP contribution in [0.4, 0.5) is 8.78 Å². The fourth-order valence-electron chi connectivity index (χ4n) is 2.14. The molecule has 0 aliphatic carbocycles. The molecule has 0 radical (unpaired) electrons. The van der Waals surface area contributed by atoms with Crippen LogP contribution in [0.1, 0.15) is 11.4 Å². The third kappa shape index (κ3) is 1.95. The number of aromatic amines is 1. The molecule has 0 saturated heterocycles. The first-order valence-corrected chi connectivity index (χ1v) is 6.88. The molecule has 0 aliphatic heterocycles. The second-order valence-electron chi connectivity index (χ2n) is 4.35. The zero-order chi connectivity index (χ0) is 14.4. The predicted molar refractivity (Wildman–Crippen MR) is 75.3 cm³/mol. The Labute approximate surface area is 120 Å². The van der Waals surface area contributed by atoms with Crippen LogP contribution in [0.25, 0.3) is 32.8 Å². The van der Waals surface area contributed by atoms with Gasteiger partial charge in [0.2, 0.25) is 0 Å². The molecule has 0 bridgehead atoms. The van der Waals surface area contributed by atoms with E-state index in [1.807, 2.05) is 6.07 Å². The van der Waals surface area contributed by atoms with Gasteiger partial charge in [0.1, 0.15) is 17.7 Å². The molecule has 8 heteroatoms. The van der Waals surface area contributed by atoms with Crippen LogP contribution in [0, 0.1) is 0 Å². The van der Waals surface area contributed by atoms with Crippen molar-refractivity contribution in [3.8, 4) is 11.4 Å². The van der Waals surface area contributed by atoms with Gasteiger partial charge in [-0.15, -0.1) is 11.3 Å². The van der Waals surface area contributed by atoms with Crippen LogP contribution >= 0.6 is 11.3 Å². The first kappa shape index (κ1) is 12.3. The number of fused-ring (bicyclic) bond motifs is 2. The summed E-state index contributed by atoms with van der Waals surface area (Å²) in [4.78, 5) is 19.4. The van der Waals surface area contributed by atoms with Crippen molar-refractivity contribution in [2.24, 2.45) is 0 Å². The number of alkyl halides is 2. The fourth-order valence-corrected chi connectivity index (χ4v) is 3.07. The Morgan fingerprint density at radius 3 is 2.90 bits per heavy atom. The number of benzene rings is 1. The summed E-state index contributed by atoms with van der Waals surface area (Å²) in [5, 5.41) is -0.187. The summed E-state index contributed by atoms with van der Waals surface area (Å²) in [5.74, 6) is 0.570. The summed E-state index contributed by atoms with van der Waals surface area (Å²) in [5.41, 5.74) is 2.51. The van der Waals surface area contributed by atoms with Crippen molar-refractivity contribution in [1.29, 1.82) is 0 Å². The van der Waals surface area contributed by atoms with E-state index in [0.717, 1.165) is 16.9 Å². The first-order chi connectivity index (χ1) is 10.2. The van der Waals surface area contributed by atoms with Gasteiger partial charge in [-0.1, -0.05) is 6.07 Å². The SMILES string of the molecule is FC(F)c1nc2cccc(-c3nc4ncncc4[nH]3)c2s1. The number of thiazole rings is 1. The summed E-state index contributed by atoms with van der Waals surface area (Å²) in [6.07, 6.45) is 0.461. The summed E-state index contributed by atoms with van der Waals surface area (Å²) in [6, 6.07) is 5.30. The minimum atomic E-state index is -2.57. The monoisotopic (exact) mass is 303 g/mol. The molecule has 21 heavy (non-hydrogen) atoms. The second-order valence-corrected chi connectivity index (χ2v) is 5.38. The highest BCUT2D eigenvalue weighted by Gasteiger charge is 2.17. The fraction of sp³-hybridized carbons (Fsp3) is 0.0769. The molecule has 4 aromatic rings. The van der Waals surface area contributed by atoms with Gasteiger partial charge in [-0.3, -0.25) is 0 Å². The van der Waals surface area contributed by atoms with Gasteiger partial charge in [0.05, 0.1) is 16.4 Å². The Balaban J connectivity index is 1.96. The lowest BCUT2D eigenvalue weighted by Crippen LogP contribution is -1.81. The summed E-state index contributed by atoms with van der Waals surface area (Å²) in [6.45, 7) is 0. The number of halogens is 2. The smallest absolute Gasteiger partial charge is 0.289 e. The Morgan fingerprint density at radius 2 is 2.10 bits per heavy atom. The normalized spacial score (nSPS) is 11.8. The van der Waals surface area contributed by atoms with Crippen LogP contribution in [-0.2, 0) is 0 Å². The van der Waals surface area contributed by atoms with Gasteiger partial charge in [-0.2, -0.15) is 0 Å². The summed E-state index contributed by atoms with van der Waals surface area (Å²) < 4.78 is 26.3. The molecule has 0 atom stereocenters. The zero-order valence-electron chi connectivity index (χ0n) is 10.4. The van der Waals surface area contributed by atoms with Gasteiger partial charge < -0.3 is 4.98 Å². The van der Waals surface area contributed by atoms with Crippen molar-refractivity contribution in [3.63, 3.8) is 0 Å². The minimum absolute atomic E-state index is 0.187. The molecule has 0 unspecified atom stereocenters. The average Bonchev–Trinajstić information content (AvgIpc) is 3.10. The van der Waals surface area contributed by atoms with Crippen molar-refractivity contribution >= 4 is 32.7 Å². The van der Waals surface area contributed by atoms with Crippen molar-refractivity contribution in [3.05, 3.63) is 35.7 Å². The number of hydrogen-bond donors (Lipinski definition) is 1. The Kier molecular flexibility index (Phi) is 2.64. The van der Waals surface area contributed by atoms with Gasteiger partial charge in [-0.25, -0.2) is 28.7 Å². The summed E-state index contributed by atoms with van der Waals surface area (Å²) >= 11 is 0.980. The highest BCUT2D eigenvalue weighted by molar-refractivity contribution is 7.19. The molecule has 0 fully saturated rings. The Bertz CT molecular complexity index is 913. The number of hydrogen-bond acceptors (Lipinski definition) is 5. The molecule has 0 amide bonds. The number of nitrogens with one attached hydrogen (secondary N) is 1. The minimum Gasteiger partial charge on any atom is -0.335 e. The van der Waals surface area contributed by atoms with E-state index in [2.05, 4.69) is 24.9 Å². The van der Waals surface area contributed by atoms with Gasteiger partial charge in [0.15, 0.2) is 10.7 Å². The van der Waals surface area contributed by atoms with E-state index in [1.165, 1.54) is 6.33 Å². The molecule has 5 nitrogen and oxygen atoms in total. The first-order valence-electron chi connectivity index (χ1n) is 6.06. The third-order valence-electron chi connectivity index (χ3n) is 3.04. The van der Waals surface area contributed by atoms with E-state index < -0.39 is 6.43 Å². The van der Waals surface area contributed by atoms with E-state index in [-0.39, 0.29) is 5.01 Å². The number of imidazole rings is 1. The lowest BCUT2D eigenvalue weighted by molar-refractivity contribution is 0.151. The van der Waals surface area contributed by atoms with Crippen LogP contribution in [-0.4, -0.2) is 24.9 Å². The maximum absolute atomic E-state index is 12.8. The maximum Gasteiger partial charge on any atom is 0.289 e. The number of H-pyrrole nitrogens is 1. The third-order valence-corrected chi connectivity index (χ3v) is 4.15. The summed E-state index contributed by atoms with van der Waals surface area (Å²) in [7, 11) is 0. The molecule has 0 spiro atoms. The highest BCUT2D eigenvalue weighted by Crippen LogP contribution is 2.35. The molecular weight excluding hydrogens is 296 g/mol. The largest absolute Gasteiger partial charge is 0.335 e. The Hall–Kier alpha value is -2.48. The predicted octanol–water partition coefficient (Wildman–Crippen LogP) is 3.57. The topological polar surface area (TPSA) is 67.3 Å². The lowest BCUT2D eigenvalue weighted by Gasteiger charge is -1.97. The second kappa shape index (κ2) is 4.52. The number of aromatic nitrogens is 5. The van der Waals surface area contributed by atoms with Gasteiger partial charge in [0, 0.05) is 5.56 Å². The van der Waals surface area contributed by atoms with Crippen molar-refractivity contribution < 1.29 is 8.78 Å². The lowest BCUT2D eigenvalue weighted by atomic mass is 10.2. The molecule has 104 valence electrons. The molecule has 0 aliphatic rings. The average molecular weight is 303 g/mol. The van der Waals surface area contributed by atoms with Crippen LogP contribution in [0.5, 0.6) is 0 Å².